The van der Waals surface area contributed by atoms with E-state index in [2.05, 4.69) is 41.7 Å². The summed E-state index contributed by atoms with van der Waals surface area (Å²) in [6.07, 6.45) is 2.47. The van der Waals surface area contributed by atoms with Crippen LogP contribution in [0.2, 0.25) is 0 Å². The van der Waals surface area contributed by atoms with Crippen LogP contribution < -0.4 is 5.32 Å². The van der Waals surface area contributed by atoms with Gasteiger partial charge in [-0.25, -0.2) is 0 Å². The largest absolute Gasteiger partial charge is 0.392 e. The molecule has 0 aliphatic rings. The first-order chi connectivity index (χ1) is 9.84. The van der Waals surface area contributed by atoms with E-state index in [4.69, 9.17) is 0 Å². The second kappa shape index (κ2) is 8.51. The number of rotatable bonds is 8. The Morgan fingerprint density at radius 1 is 0.800 bits per heavy atom. The molecule has 1 atom stereocenters. The summed E-state index contributed by atoms with van der Waals surface area (Å²) in [6, 6.07) is 20.7. The van der Waals surface area contributed by atoms with Crippen molar-refractivity contribution in [2.75, 3.05) is 13.1 Å². The van der Waals surface area contributed by atoms with Gasteiger partial charge in [0.05, 0.1) is 6.10 Å². The molecule has 2 heteroatoms. The van der Waals surface area contributed by atoms with Crippen molar-refractivity contribution in [3.05, 3.63) is 71.8 Å². The lowest BCUT2D eigenvalue weighted by Crippen LogP contribution is -2.28. The molecule has 2 nitrogen and oxygen atoms in total. The minimum Gasteiger partial charge on any atom is -0.392 e. The lowest BCUT2D eigenvalue weighted by atomic mass is 10.1. The van der Waals surface area contributed by atoms with Crippen molar-refractivity contribution in [1.82, 2.24) is 5.32 Å². The molecule has 2 aromatic rings. The van der Waals surface area contributed by atoms with Crippen LogP contribution in [-0.4, -0.2) is 24.3 Å². The highest BCUT2D eigenvalue weighted by Crippen LogP contribution is 2.04. The summed E-state index contributed by atoms with van der Waals surface area (Å²) >= 11 is 0. The van der Waals surface area contributed by atoms with Crippen LogP contribution in [0, 0.1) is 0 Å². The van der Waals surface area contributed by atoms with Crippen LogP contribution in [0.5, 0.6) is 0 Å². The number of aliphatic hydroxyl groups excluding tert-OH is 1. The van der Waals surface area contributed by atoms with Crippen molar-refractivity contribution < 1.29 is 5.11 Å². The van der Waals surface area contributed by atoms with Crippen LogP contribution >= 0.6 is 0 Å². The summed E-state index contributed by atoms with van der Waals surface area (Å²) in [5, 5.41) is 13.3. The second-order valence-corrected chi connectivity index (χ2v) is 5.12. The molecule has 0 bridgehead atoms. The standard InChI is InChI=1S/C18H23NO/c20-18(12-11-16-7-3-1-4-8-16)15-19-14-13-17-9-5-2-6-10-17/h1-10,18-20H,11-15H2. The van der Waals surface area contributed by atoms with Crippen molar-refractivity contribution >= 4 is 0 Å². The fourth-order valence-electron chi connectivity index (χ4n) is 2.23. The van der Waals surface area contributed by atoms with Gasteiger partial charge in [-0.05, 0) is 36.9 Å². The normalized spacial score (nSPS) is 12.2. The van der Waals surface area contributed by atoms with E-state index in [-0.39, 0.29) is 6.10 Å². The number of hydrogen-bond donors (Lipinski definition) is 2. The maximum absolute atomic E-state index is 9.95. The molecule has 0 spiro atoms. The van der Waals surface area contributed by atoms with E-state index < -0.39 is 0 Å². The van der Waals surface area contributed by atoms with Crippen LogP contribution in [-0.2, 0) is 12.8 Å². The molecule has 2 N–H and O–H groups in total. The quantitative estimate of drug-likeness (QED) is 0.722. The Labute approximate surface area is 121 Å². The zero-order chi connectivity index (χ0) is 14.0. The lowest BCUT2D eigenvalue weighted by Gasteiger charge is -2.12. The van der Waals surface area contributed by atoms with Crippen LogP contribution in [0.4, 0.5) is 0 Å². The van der Waals surface area contributed by atoms with Gasteiger partial charge in [-0.2, -0.15) is 0 Å². The third-order valence-electron chi connectivity index (χ3n) is 3.42. The Morgan fingerprint density at radius 2 is 1.35 bits per heavy atom. The molecule has 0 aliphatic heterocycles. The summed E-state index contributed by atoms with van der Waals surface area (Å²) in [6.45, 7) is 1.58. The molecule has 0 aliphatic carbocycles. The van der Waals surface area contributed by atoms with Gasteiger partial charge in [0.1, 0.15) is 0 Å². The van der Waals surface area contributed by atoms with Crippen LogP contribution in [0.25, 0.3) is 0 Å². The highest BCUT2D eigenvalue weighted by atomic mass is 16.3. The Balaban J connectivity index is 1.57. The molecule has 0 saturated carbocycles. The molecule has 0 radical (unpaired) electrons. The topological polar surface area (TPSA) is 32.3 Å². The molecule has 2 aromatic carbocycles. The highest BCUT2D eigenvalue weighted by Gasteiger charge is 2.03. The van der Waals surface area contributed by atoms with Gasteiger partial charge in [0.15, 0.2) is 0 Å². The third-order valence-corrected chi connectivity index (χ3v) is 3.42. The maximum atomic E-state index is 9.95. The Bertz CT molecular complexity index is 469. The number of aliphatic hydroxyl groups is 1. The summed E-state index contributed by atoms with van der Waals surface area (Å²) in [4.78, 5) is 0. The molecule has 1 unspecified atom stereocenters. The van der Waals surface area contributed by atoms with Gasteiger partial charge in [-0.15, -0.1) is 0 Å². The summed E-state index contributed by atoms with van der Waals surface area (Å²) in [7, 11) is 0. The Kier molecular flexibility index (Phi) is 6.28. The predicted molar refractivity (Wildman–Crippen MR) is 83.8 cm³/mol. The molecule has 0 amide bonds. The summed E-state index contributed by atoms with van der Waals surface area (Å²) < 4.78 is 0. The molecule has 2 rings (SSSR count). The van der Waals surface area contributed by atoms with Crippen molar-refractivity contribution in [3.8, 4) is 0 Å². The SMILES string of the molecule is OC(CCc1ccccc1)CNCCc1ccccc1. The van der Waals surface area contributed by atoms with E-state index in [0.29, 0.717) is 6.54 Å². The monoisotopic (exact) mass is 269 g/mol. The fourth-order valence-corrected chi connectivity index (χ4v) is 2.23. The minimum absolute atomic E-state index is 0.272. The summed E-state index contributed by atoms with van der Waals surface area (Å²) in [5.74, 6) is 0. The first kappa shape index (κ1) is 14.8. The van der Waals surface area contributed by atoms with E-state index >= 15 is 0 Å². The summed E-state index contributed by atoms with van der Waals surface area (Å²) in [5.41, 5.74) is 2.62. The fraction of sp³-hybridized carbons (Fsp3) is 0.333. The first-order valence-corrected chi connectivity index (χ1v) is 7.31. The first-order valence-electron chi connectivity index (χ1n) is 7.31. The molecule has 0 aromatic heterocycles. The average molecular weight is 269 g/mol. The molecular formula is C18H23NO. The van der Waals surface area contributed by atoms with Gasteiger partial charge >= 0.3 is 0 Å². The zero-order valence-corrected chi connectivity index (χ0v) is 11.8. The van der Waals surface area contributed by atoms with E-state index in [0.717, 1.165) is 25.8 Å². The van der Waals surface area contributed by atoms with Crippen molar-refractivity contribution in [3.63, 3.8) is 0 Å². The van der Waals surface area contributed by atoms with Crippen LogP contribution in [0.15, 0.2) is 60.7 Å². The van der Waals surface area contributed by atoms with Gasteiger partial charge in [-0.1, -0.05) is 60.7 Å². The smallest absolute Gasteiger partial charge is 0.0667 e. The Hall–Kier alpha value is -1.64. The van der Waals surface area contributed by atoms with E-state index in [1.165, 1.54) is 11.1 Å². The van der Waals surface area contributed by atoms with Crippen molar-refractivity contribution in [1.29, 1.82) is 0 Å². The molecular weight excluding hydrogens is 246 g/mol. The third kappa shape index (κ3) is 5.55. The second-order valence-electron chi connectivity index (χ2n) is 5.12. The van der Waals surface area contributed by atoms with Crippen LogP contribution in [0.3, 0.4) is 0 Å². The molecule has 0 fully saturated rings. The number of nitrogens with one attached hydrogen (secondary N) is 1. The van der Waals surface area contributed by atoms with Crippen molar-refractivity contribution in [2.24, 2.45) is 0 Å². The highest BCUT2D eigenvalue weighted by molar-refractivity contribution is 5.15. The van der Waals surface area contributed by atoms with Crippen LogP contribution in [0.1, 0.15) is 17.5 Å². The van der Waals surface area contributed by atoms with E-state index in [9.17, 15) is 5.11 Å². The maximum Gasteiger partial charge on any atom is 0.0667 e. The molecule has 0 heterocycles. The van der Waals surface area contributed by atoms with E-state index in [1.807, 2.05) is 24.3 Å². The zero-order valence-electron chi connectivity index (χ0n) is 11.8. The molecule has 20 heavy (non-hydrogen) atoms. The average Bonchev–Trinajstić information content (AvgIpc) is 2.52. The van der Waals surface area contributed by atoms with Gasteiger partial charge in [0, 0.05) is 6.54 Å². The van der Waals surface area contributed by atoms with Gasteiger partial charge in [0.2, 0.25) is 0 Å². The minimum atomic E-state index is -0.272. The van der Waals surface area contributed by atoms with Gasteiger partial charge in [-0.3, -0.25) is 0 Å². The van der Waals surface area contributed by atoms with E-state index in [1.54, 1.807) is 0 Å². The number of aryl methyl sites for hydroxylation is 1. The molecule has 0 saturated heterocycles. The number of benzene rings is 2. The van der Waals surface area contributed by atoms with Crippen molar-refractivity contribution in [2.45, 2.75) is 25.4 Å². The number of hydrogen-bond acceptors (Lipinski definition) is 2. The van der Waals surface area contributed by atoms with Gasteiger partial charge < -0.3 is 10.4 Å². The molecule has 106 valence electrons. The lowest BCUT2D eigenvalue weighted by molar-refractivity contribution is 0.162. The predicted octanol–water partition coefficient (Wildman–Crippen LogP) is 2.81. The Morgan fingerprint density at radius 3 is 1.95 bits per heavy atom. The van der Waals surface area contributed by atoms with Gasteiger partial charge in [0.25, 0.3) is 0 Å².